The third-order valence-corrected chi connectivity index (χ3v) is 1.68. The SMILES string of the molecule is CC.Cc1cc(Cl)cnc1NC(C)C. The van der Waals surface area contributed by atoms with Crippen LogP contribution in [0.4, 0.5) is 5.82 Å². The molecule has 0 aliphatic carbocycles. The zero-order chi connectivity index (χ0) is 11.1. The summed E-state index contributed by atoms with van der Waals surface area (Å²) in [6.07, 6.45) is 1.65. The van der Waals surface area contributed by atoms with Crippen LogP contribution in [0, 0.1) is 6.92 Å². The summed E-state index contributed by atoms with van der Waals surface area (Å²) in [6.45, 7) is 10.1. The first-order valence-electron chi connectivity index (χ1n) is 4.98. The monoisotopic (exact) mass is 214 g/mol. The van der Waals surface area contributed by atoms with E-state index in [1.807, 2.05) is 26.8 Å². The summed E-state index contributed by atoms with van der Waals surface area (Å²) in [5, 5.41) is 3.91. The highest BCUT2D eigenvalue weighted by molar-refractivity contribution is 6.30. The number of hydrogen-bond acceptors (Lipinski definition) is 2. The predicted octanol–water partition coefficient (Wildman–Crippen LogP) is 3.89. The molecule has 0 aliphatic rings. The molecule has 0 aliphatic heterocycles. The highest BCUT2D eigenvalue weighted by Gasteiger charge is 2.00. The van der Waals surface area contributed by atoms with Crippen LogP contribution in [0.2, 0.25) is 5.02 Å². The van der Waals surface area contributed by atoms with Crippen LogP contribution in [-0.2, 0) is 0 Å². The minimum atomic E-state index is 0.400. The third kappa shape index (κ3) is 4.47. The van der Waals surface area contributed by atoms with Gasteiger partial charge in [-0.1, -0.05) is 25.4 Å². The lowest BCUT2D eigenvalue weighted by molar-refractivity contribution is 0.886. The molecule has 0 spiro atoms. The fraction of sp³-hybridized carbons (Fsp3) is 0.545. The van der Waals surface area contributed by atoms with Gasteiger partial charge in [-0.15, -0.1) is 0 Å². The zero-order valence-corrected chi connectivity index (χ0v) is 10.3. The van der Waals surface area contributed by atoms with Gasteiger partial charge >= 0.3 is 0 Å². The Hall–Kier alpha value is -0.760. The third-order valence-electron chi connectivity index (χ3n) is 1.47. The maximum atomic E-state index is 5.76. The van der Waals surface area contributed by atoms with E-state index in [4.69, 9.17) is 11.6 Å². The van der Waals surface area contributed by atoms with E-state index in [-0.39, 0.29) is 0 Å². The molecule has 0 saturated carbocycles. The summed E-state index contributed by atoms with van der Waals surface area (Å²) in [4.78, 5) is 4.17. The molecular formula is C11H19ClN2. The lowest BCUT2D eigenvalue weighted by Gasteiger charge is -2.10. The van der Waals surface area contributed by atoms with Crippen molar-refractivity contribution in [2.45, 2.75) is 40.7 Å². The summed E-state index contributed by atoms with van der Waals surface area (Å²) in [5.41, 5.74) is 1.08. The first-order valence-corrected chi connectivity index (χ1v) is 5.36. The first kappa shape index (κ1) is 13.2. The quantitative estimate of drug-likeness (QED) is 0.808. The summed E-state index contributed by atoms with van der Waals surface area (Å²) in [7, 11) is 0. The molecule has 0 unspecified atom stereocenters. The van der Waals surface area contributed by atoms with Gasteiger partial charge < -0.3 is 5.32 Å². The Labute approximate surface area is 91.7 Å². The smallest absolute Gasteiger partial charge is 0.129 e. The summed E-state index contributed by atoms with van der Waals surface area (Å²) in [6, 6.07) is 2.30. The lowest BCUT2D eigenvalue weighted by Crippen LogP contribution is -2.11. The van der Waals surface area contributed by atoms with E-state index in [2.05, 4.69) is 24.1 Å². The van der Waals surface area contributed by atoms with Crippen LogP contribution in [0.1, 0.15) is 33.3 Å². The van der Waals surface area contributed by atoms with Gasteiger partial charge in [-0.05, 0) is 32.4 Å². The van der Waals surface area contributed by atoms with Gasteiger partial charge in [0.1, 0.15) is 5.82 Å². The van der Waals surface area contributed by atoms with Crippen molar-refractivity contribution in [3.8, 4) is 0 Å². The van der Waals surface area contributed by atoms with E-state index in [0.29, 0.717) is 11.1 Å². The normalized spacial score (nSPS) is 9.36. The van der Waals surface area contributed by atoms with Crippen molar-refractivity contribution in [2.24, 2.45) is 0 Å². The molecule has 0 amide bonds. The Balaban J connectivity index is 0.000000791. The molecule has 1 aromatic rings. The molecule has 14 heavy (non-hydrogen) atoms. The molecule has 0 aromatic carbocycles. The van der Waals surface area contributed by atoms with E-state index >= 15 is 0 Å². The van der Waals surface area contributed by atoms with E-state index in [9.17, 15) is 0 Å². The Morgan fingerprint density at radius 2 is 1.93 bits per heavy atom. The van der Waals surface area contributed by atoms with Crippen molar-refractivity contribution < 1.29 is 0 Å². The highest BCUT2D eigenvalue weighted by Crippen LogP contribution is 2.16. The van der Waals surface area contributed by atoms with Gasteiger partial charge in [-0.2, -0.15) is 0 Å². The maximum Gasteiger partial charge on any atom is 0.129 e. The van der Waals surface area contributed by atoms with Crippen LogP contribution in [0.3, 0.4) is 0 Å². The number of pyridine rings is 1. The van der Waals surface area contributed by atoms with Gasteiger partial charge in [0.05, 0.1) is 5.02 Å². The number of rotatable bonds is 2. The average Bonchev–Trinajstić information content (AvgIpc) is 2.13. The summed E-state index contributed by atoms with van der Waals surface area (Å²) < 4.78 is 0. The molecule has 0 atom stereocenters. The van der Waals surface area contributed by atoms with Crippen LogP contribution in [-0.4, -0.2) is 11.0 Å². The molecule has 0 radical (unpaired) electrons. The number of aromatic nitrogens is 1. The van der Waals surface area contributed by atoms with Crippen LogP contribution in [0.5, 0.6) is 0 Å². The Morgan fingerprint density at radius 1 is 1.36 bits per heavy atom. The molecule has 0 saturated heterocycles. The van der Waals surface area contributed by atoms with E-state index in [1.54, 1.807) is 6.20 Å². The number of hydrogen-bond donors (Lipinski definition) is 1. The molecular weight excluding hydrogens is 196 g/mol. The van der Waals surface area contributed by atoms with Crippen molar-refractivity contribution in [1.29, 1.82) is 0 Å². The number of nitrogens with zero attached hydrogens (tertiary/aromatic N) is 1. The zero-order valence-electron chi connectivity index (χ0n) is 9.56. The number of nitrogens with one attached hydrogen (secondary N) is 1. The fourth-order valence-electron chi connectivity index (χ4n) is 0.965. The number of anilines is 1. The lowest BCUT2D eigenvalue weighted by atomic mass is 10.2. The largest absolute Gasteiger partial charge is 0.368 e. The summed E-state index contributed by atoms with van der Waals surface area (Å²) >= 11 is 5.76. The van der Waals surface area contributed by atoms with Crippen molar-refractivity contribution >= 4 is 17.4 Å². The van der Waals surface area contributed by atoms with Gasteiger partial charge in [0, 0.05) is 12.2 Å². The fourth-order valence-corrected chi connectivity index (χ4v) is 1.18. The van der Waals surface area contributed by atoms with E-state index < -0.39 is 0 Å². The molecule has 3 heteroatoms. The maximum absolute atomic E-state index is 5.76. The Kier molecular flexibility index (Phi) is 6.30. The van der Waals surface area contributed by atoms with Crippen LogP contribution in [0.15, 0.2) is 12.3 Å². The summed E-state index contributed by atoms with van der Waals surface area (Å²) in [5.74, 6) is 0.911. The van der Waals surface area contributed by atoms with Crippen LogP contribution >= 0.6 is 11.6 Å². The molecule has 1 rings (SSSR count). The molecule has 0 bridgehead atoms. The second kappa shape index (κ2) is 6.66. The second-order valence-electron chi connectivity index (χ2n) is 3.12. The van der Waals surface area contributed by atoms with Gasteiger partial charge in [0.2, 0.25) is 0 Å². The van der Waals surface area contributed by atoms with Crippen LogP contribution in [0.25, 0.3) is 0 Å². The number of halogens is 1. The van der Waals surface area contributed by atoms with Gasteiger partial charge in [-0.25, -0.2) is 4.98 Å². The van der Waals surface area contributed by atoms with Crippen molar-refractivity contribution in [3.63, 3.8) is 0 Å². The topological polar surface area (TPSA) is 24.9 Å². The minimum absolute atomic E-state index is 0.400. The Bertz CT molecular complexity index is 272. The average molecular weight is 215 g/mol. The molecule has 2 nitrogen and oxygen atoms in total. The first-order chi connectivity index (χ1) is 6.59. The minimum Gasteiger partial charge on any atom is -0.368 e. The standard InChI is InChI=1S/C9H13ClN2.C2H6/c1-6(2)12-9-7(3)4-8(10)5-11-9;1-2/h4-6H,1-3H3,(H,11,12);1-2H3. The predicted molar refractivity (Wildman–Crippen MR) is 64.1 cm³/mol. The van der Waals surface area contributed by atoms with Gasteiger partial charge in [0.15, 0.2) is 0 Å². The van der Waals surface area contributed by atoms with Crippen molar-refractivity contribution in [3.05, 3.63) is 22.8 Å². The Morgan fingerprint density at radius 3 is 2.36 bits per heavy atom. The molecule has 1 heterocycles. The molecule has 80 valence electrons. The second-order valence-corrected chi connectivity index (χ2v) is 3.55. The molecule has 1 aromatic heterocycles. The van der Waals surface area contributed by atoms with Crippen LogP contribution < -0.4 is 5.32 Å². The molecule has 1 N–H and O–H groups in total. The van der Waals surface area contributed by atoms with E-state index in [0.717, 1.165) is 11.4 Å². The highest BCUT2D eigenvalue weighted by atomic mass is 35.5. The van der Waals surface area contributed by atoms with Gasteiger partial charge in [0.25, 0.3) is 0 Å². The van der Waals surface area contributed by atoms with E-state index in [1.165, 1.54) is 0 Å². The number of aryl methyl sites for hydroxylation is 1. The van der Waals surface area contributed by atoms with Gasteiger partial charge in [-0.3, -0.25) is 0 Å². The van der Waals surface area contributed by atoms with Crippen molar-refractivity contribution in [2.75, 3.05) is 5.32 Å². The molecule has 0 fully saturated rings. The van der Waals surface area contributed by atoms with Crippen molar-refractivity contribution in [1.82, 2.24) is 4.98 Å².